The van der Waals surface area contributed by atoms with E-state index >= 15 is 0 Å². The maximum Gasteiger partial charge on any atom is 0.192 e. The Morgan fingerprint density at radius 2 is 1.49 bits per heavy atom. The van der Waals surface area contributed by atoms with Crippen molar-refractivity contribution in [1.82, 2.24) is 0 Å². The van der Waals surface area contributed by atoms with E-state index in [1.54, 1.807) is 0 Å². The molecule has 0 saturated heterocycles. The van der Waals surface area contributed by atoms with Crippen LogP contribution in [0.3, 0.4) is 0 Å². The maximum absolute atomic E-state index is 7.10. The molecule has 1 aromatic carbocycles. The van der Waals surface area contributed by atoms with Gasteiger partial charge in [0.15, 0.2) is 16.6 Å². The van der Waals surface area contributed by atoms with Crippen LogP contribution in [0, 0.1) is 5.92 Å². The van der Waals surface area contributed by atoms with Crippen LogP contribution in [0.2, 0.25) is 36.3 Å². The zero-order chi connectivity index (χ0) is 26.8. The highest BCUT2D eigenvalue weighted by Crippen LogP contribution is 2.38. The van der Waals surface area contributed by atoms with Gasteiger partial charge in [0.1, 0.15) is 0 Å². The van der Waals surface area contributed by atoms with Gasteiger partial charge in [-0.1, -0.05) is 78.8 Å². The van der Waals surface area contributed by atoms with Crippen molar-refractivity contribution in [3.63, 3.8) is 0 Å². The summed E-state index contributed by atoms with van der Waals surface area (Å²) in [5, 5.41) is 0.216. The standard InChI is InChI=1S/C29H56O4Si2/c1-12-35(13-2,14-3)33-27(20-21-31-24-26-18-16-15-17-19-26)29(8,30-9)22-25(4)23-32-34(10,11)28(5,6)7/h15-19,25,27H,12-14,20-24H2,1-11H3/t25-,27-,29-/m1/s1. The van der Waals surface area contributed by atoms with E-state index in [1.807, 2.05) is 13.2 Å². The van der Waals surface area contributed by atoms with Crippen molar-refractivity contribution in [2.24, 2.45) is 5.92 Å². The lowest BCUT2D eigenvalue weighted by Gasteiger charge is -2.44. The molecule has 0 heterocycles. The molecule has 0 aliphatic carbocycles. The third-order valence-electron chi connectivity index (χ3n) is 8.40. The van der Waals surface area contributed by atoms with Crippen molar-refractivity contribution in [3.8, 4) is 0 Å². The minimum absolute atomic E-state index is 0.00473. The first kappa shape index (κ1) is 32.5. The van der Waals surface area contributed by atoms with E-state index in [4.69, 9.17) is 18.3 Å². The van der Waals surface area contributed by atoms with Crippen LogP contribution in [0.1, 0.15) is 73.8 Å². The Bertz CT molecular complexity index is 692. The number of ether oxygens (including phenoxy) is 2. The Kier molecular flexibility index (Phi) is 13.4. The van der Waals surface area contributed by atoms with Crippen molar-refractivity contribution in [2.45, 2.75) is 123 Å². The van der Waals surface area contributed by atoms with Crippen LogP contribution in [0.15, 0.2) is 30.3 Å². The lowest BCUT2D eigenvalue weighted by molar-refractivity contribution is -0.107. The summed E-state index contributed by atoms with van der Waals surface area (Å²) < 4.78 is 26.0. The molecule has 0 radical (unpaired) electrons. The molecule has 6 heteroatoms. The van der Waals surface area contributed by atoms with Gasteiger partial charge >= 0.3 is 0 Å². The molecular weight excluding hydrogens is 468 g/mol. The smallest absolute Gasteiger partial charge is 0.192 e. The predicted octanol–water partition coefficient (Wildman–Crippen LogP) is 8.44. The van der Waals surface area contributed by atoms with E-state index in [1.165, 1.54) is 5.56 Å². The molecule has 0 saturated carbocycles. The zero-order valence-corrected chi connectivity index (χ0v) is 26.8. The molecule has 0 bridgehead atoms. The van der Waals surface area contributed by atoms with Gasteiger partial charge in [0.25, 0.3) is 0 Å². The number of rotatable bonds is 17. The summed E-state index contributed by atoms with van der Waals surface area (Å²) in [6, 6.07) is 13.8. The summed E-state index contributed by atoms with van der Waals surface area (Å²) in [7, 11) is -1.75. The molecular formula is C29H56O4Si2. The molecule has 3 atom stereocenters. The highest BCUT2D eigenvalue weighted by molar-refractivity contribution is 6.74. The van der Waals surface area contributed by atoms with E-state index in [0.29, 0.717) is 19.1 Å². The van der Waals surface area contributed by atoms with Gasteiger partial charge in [0.05, 0.1) is 18.3 Å². The molecule has 0 unspecified atom stereocenters. The molecule has 4 nitrogen and oxygen atoms in total. The second-order valence-corrected chi connectivity index (χ2v) is 21.6. The molecule has 0 amide bonds. The van der Waals surface area contributed by atoms with Crippen LogP contribution in [-0.4, -0.2) is 48.7 Å². The molecule has 35 heavy (non-hydrogen) atoms. The predicted molar refractivity (Wildman–Crippen MR) is 155 cm³/mol. The third kappa shape index (κ3) is 10.1. The highest BCUT2D eigenvalue weighted by atomic mass is 28.4. The van der Waals surface area contributed by atoms with Gasteiger partial charge in [0.2, 0.25) is 0 Å². The fourth-order valence-electron chi connectivity index (χ4n) is 4.41. The second kappa shape index (κ2) is 14.4. The van der Waals surface area contributed by atoms with E-state index in [9.17, 15) is 0 Å². The molecule has 0 spiro atoms. The molecule has 0 aliphatic heterocycles. The SMILES string of the molecule is CC[Si](CC)(CC)O[C@H](CCOCc1ccccc1)[C@@](C)(C[C@@H](C)CO[Si](C)(C)C(C)(C)C)OC. The Morgan fingerprint density at radius 1 is 0.914 bits per heavy atom. The normalized spacial score (nSPS) is 16.7. The summed E-state index contributed by atoms with van der Waals surface area (Å²) in [6.45, 7) is 25.0. The fourth-order valence-corrected chi connectivity index (χ4v) is 8.51. The van der Waals surface area contributed by atoms with Crippen LogP contribution < -0.4 is 0 Å². The second-order valence-electron chi connectivity index (χ2n) is 12.1. The molecule has 0 aromatic heterocycles. The van der Waals surface area contributed by atoms with Gasteiger partial charge in [-0.05, 0) is 67.5 Å². The maximum atomic E-state index is 7.10. The number of hydrogen-bond acceptors (Lipinski definition) is 4. The minimum Gasteiger partial charge on any atom is -0.417 e. The van der Waals surface area contributed by atoms with Gasteiger partial charge in [-0.25, -0.2) is 0 Å². The average Bonchev–Trinajstić information content (AvgIpc) is 2.82. The van der Waals surface area contributed by atoms with Gasteiger partial charge in [-0.2, -0.15) is 0 Å². The fraction of sp³-hybridized carbons (Fsp3) is 0.793. The van der Waals surface area contributed by atoms with Gasteiger partial charge in [-0.15, -0.1) is 0 Å². The number of methoxy groups -OCH3 is 1. The van der Waals surface area contributed by atoms with Gasteiger partial charge < -0.3 is 18.3 Å². The van der Waals surface area contributed by atoms with Gasteiger partial charge in [0, 0.05) is 20.3 Å². The summed E-state index contributed by atoms with van der Waals surface area (Å²) in [5.41, 5.74) is 0.819. The van der Waals surface area contributed by atoms with Crippen LogP contribution in [0.5, 0.6) is 0 Å². The van der Waals surface area contributed by atoms with Crippen LogP contribution in [-0.2, 0) is 24.9 Å². The van der Waals surface area contributed by atoms with E-state index < -0.39 is 16.6 Å². The number of hydrogen-bond donors (Lipinski definition) is 0. The lowest BCUT2D eigenvalue weighted by atomic mass is 9.87. The zero-order valence-electron chi connectivity index (χ0n) is 24.8. The van der Waals surface area contributed by atoms with E-state index in [2.05, 4.69) is 92.7 Å². The quantitative estimate of drug-likeness (QED) is 0.151. The molecule has 0 N–H and O–H groups in total. The van der Waals surface area contributed by atoms with Crippen molar-refractivity contribution >= 4 is 16.6 Å². The van der Waals surface area contributed by atoms with Crippen LogP contribution in [0.25, 0.3) is 0 Å². The molecule has 1 rings (SSSR count). The average molecular weight is 525 g/mol. The molecule has 1 aromatic rings. The van der Waals surface area contributed by atoms with Gasteiger partial charge in [-0.3, -0.25) is 0 Å². The first-order valence-corrected chi connectivity index (χ1v) is 19.2. The highest BCUT2D eigenvalue weighted by Gasteiger charge is 2.43. The Hall–Kier alpha value is -0.506. The largest absolute Gasteiger partial charge is 0.417 e. The Labute approximate surface area is 219 Å². The van der Waals surface area contributed by atoms with Crippen molar-refractivity contribution < 1.29 is 18.3 Å². The van der Waals surface area contributed by atoms with Crippen LogP contribution >= 0.6 is 0 Å². The number of benzene rings is 1. The van der Waals surface area contributed by atoms with Crippen LogP contribution in [0.4, 0.5) is 0 Å². The van der Waals surface area contributed by atoms with E-state index in [0.717, 1.165) is 37.6 Å². The summed E-state index contributed by atoms with van der Waals surface area (Å²) in [5.74, 6) is 0.381. The van der Waals surface area contributed by atoms with Crippen molar-refractivity contribution in [2.75, 3.05) is 20.3 Å². The first-order valence-electron chi connectivity index (χ1n) is 13.8. The van der Waals surface area contributed by atoms with Crippen molar-refractivity contribution in [3.05, 3.63) is 35.9 Å². The summed E-state index contributed by atoms with van der Waals surface area (Å²) in [6.07, 6.45) is 1.75. The third-order valence-corrected chi connectivity index (χ3v) is 17.5. The molecule has 0 fully saturated rings. The summed E-state index contributed by atoms with van der Waals surface area (Å²) >= 11 is 0. The first-order chi connectivity index (χ1) is 16.3. The monoisotopic (exact) mass is 524 g/mol. The Balaban J connectivity index is 2.95. The minimum atomic E-state index is -1.81. The van der Waals surface area contributed by atoms with E-state index in [-0.39, 0.29) is 16.7 Å². The van der Waals surface area contributed by atoms with Crippen molar-refractivity contribution in [1.29, 1.82) is 0 Å². The molecule has 204 valence electrons. The molecule has 0 aliphatic rings. The topological polar surface area (TPSA) is 36.9 Å². The Morgan fingerprint density at radius 3 is 1.97 bits per heavy atom. The summed E-state index contributed by atoms with van der Waals surface area (Å²) in [4.78, 5) is 0. The lowest BCUT2D eigenvalue weighted by Crippen LogP contribution is -2.52.